The van der Waals surface area contributed by atoms with Crippen molar-refractivity contribution >= 4 is 37.8 Å². The molecular formula is C9H14N2O4S2. The fourth-order valence-electron chi connectivity index (χ4n) is 1.29. The van der Waals surface area contributed by atoms with E-state index in [9.17, 15) is 13.2 Å². The Hall–Kier alpha value is -1.28. The van der Waals surface area contributed by atoms with Gasteiger partial charge in [-0.3, -0.25) is 0 Å². The molecule has 0 spiro atoms. The number of esters is 1. The third-order valence-corrected chi connectivity index (χ3v) is 5.33. The first kappa shape index (κ1) is 13.8. The highest BCUT2D eigenvalue weighted by Gasteiger charge is 2.28. The molecule has 1 heterocycles. The zero-order valence-electron chi connectivity index (χ0n) is 9.73. The van der Waals surface area contributed by atoms with Crippen LogP contribution in [0.5, 0.6) is 0 Å². The van der Waals surface area contributed by atoms with Crippen LogP contribution >= 0.6 is 11.3 Å². The highest BCUT2D eigenvalue weighted by molar-refractivity contribution is 7.91. The minimum Gasteiger partial charge on any atom is -0.465 e. The minimum absolute atomic E-state index is 0.0205. The summed E-state index contributed by atoms with van der Waals surface area (Å²) in [7, 11) is -0.690. The van der Waals surface area contributed by atoms with Gasteiger partial charge in [0.05, 0.1) is 18.6 Å². The van der Waals surface area contributed by atoms with Crippen LogP contribution in [0.1, 0.15) is 16.6 Å². The molecule has 0 amide bonds. The van der Waals surface area contributed by atoms with Crippen molar-refractivity contribution in [1.82, 2.24) is 0 Å². The molecule has 0 saturated heterocycles. The first-order valence-electron chi connectivity index (χ1n) is 4.80. The Morgan fingerprint density at radius 3 is 2.53 bits per heavy atom. The topological polar surface area (TPSA) is 98.5 Å². The third-order valence-electron chi connectivity index (χ3n) is 2.19. The van der Waals surface area contributed by atoms with Gasteiger partial charge in [0.2, 0.25) is 0 Å². The molecule has 17 heavy (non-hydrogen) atoms. The molecule has 0 atom stereocenters. The lowest BCUT2D eigenvalue weighted by atomic mass is 10.4. The number of methoxy groups -OCH3 is 1. The lowest BCUT2D eigenvalue weighted by Crippen LogP contribution is -2.09. The van der Waals surface area contributed by atoms with Gasteiger partial charge in [0, 0.05) is 7.05 Å². The van der Waals surface area contributed by atoms with Crippen LogP contribution in [-0.4, -0.2) is 34.3 Å². The van der Waals surface area contributed by atoms with Crippen LogP contribution in [0.4, 0.5) is 10.7 Å². The van der Waals surface area contributed by atoms with E-state index in [2.05, 4.69) is 10.1 Å². The number of rotatable bonds is 4. The summed E-state index contributed by atoms with van der Waals surface area (Å²) in [4.78, 5) is 11.5. The molecule has 0 saturated carbocycles. The number of sulfone groups is 1. The van der Waals surface area contributed by atoms with E-state index in [0.29, 0.717) is 5.00 Å². The number of nitrogens with two attached hydrogens (primary N) is 1. The molecule has 8 heteroatoms. The Labute approximate surface area is 104 Å². The molecular weight excluding hydrogens is 264 g/mol. The van der Waals surface area contributed by atoms with Gasteiger partial charge in [-0.1, -0.05) is 6.92 Å². The van der Waals surface area contributed by atoms with Gasteiger partial charge in [-0.25, -0.2) is 13.2 Å². The highest BCUT2D eigenvalue weighted by Crippen LogP contribution is 2.39. The molecule has 1 rings (SSSR count). The first-order chi connectivity index (χ1) is 7.88. The van der Waals surface area contributed by atoms with E-state index in [1.165, 1.54) is 14.0 Å². The largest absolute Gasteiger partial charge is 0.465 e. The fourth-order valence-corrected chi connectivity index (χ4v) is 3.86. The Morgan fingerprint density at radius 2 is 2.12 bits per heavy atom. The van der Waals surface area contributed by atoms with E-state index in [0.717, 1.165) is 11.3 Å². The molecule has 0 bridgehead atoms. The van der Waals surface area contributed by atoms with Gasteiger partial charge < -0.3 is 15.8 Å². The Morgan fingerprint density at radius 1 is 1.53 bits per heavy atom. The SMILES string of the molecule is CCS(=O)(=O)c1c(NC)sc(C(=O)OC)c1N. The Kier molecular flexibility index (Phi) is 3.99. The molecule has 0 unspecified atom stereocenters. The summed E-state index contributed by atoms with van der Waals surface area (Å²) in [6.45, 7) is 1.52. The van der Waals surface area contributed by atoms with Crippen molar-refractivity contribution in [2.45, 2.75) is 11.8 Å². The van der Waals surface area contributed by atoms with Crippen molar-refractivity contribution in [3.63, 3.8) is 0 Å². The number of thiophene rings is 1. The number of nitrogens with one attached hydrogen (secondary N) is 1. The van der Waals surface area contributed by atoms with Gasteiger partial charge >= 0.3 is 5.97 Å². The van der Waals surface area contributed by atoms with Crippen LogP contribution in [0.3, 0.4) is 0 Å². The summed E-state index contributed by atoms with van der Waals surface area (Å²) >= 11 is 0.971. The van der Waals surface area contributed by atoms with Crippen molar-refractivity contribution in [2.24, 2.45) is 0 Å². The predicted octanol–water partition coefficient (Wildman–Crippen LogP) is 0.952. The predicted molar refractivity (Wildman–Crippen MR) is 67.3 cm³/mol. The molecule has 1 aromatic heterocycles. The van der Waals surface area contributed by atoms with Crippen molar-refractivity contribution in [1.29, 1.82) is 0 Å². The van der Waals surface area contributed by atoms with Gasteiger partial charge in [-0.2, -0.15) is 0 Å². The number of hydrogen-bond donors (Lipinski definition) is 2. The molecule has 96 valence electrons. The summed E-state index contributed by atoms with van der Waals surface area (Å²) in [5.41, 5.74) is 5.66. The molecule has 0 aromatic carbocycles. The van der Waals surface area contributed by atoms with Crippen LogP contribution in [-0.2, 0) is 14.6 Å². The Balaban J connectivity index is 3.51. The van der Waals surface area contributed by atoms with Gasteiger partial charge in [0.1, 0.15) is 14.8 Å². The van der Waals surface area contributed by atoms with E-state index in [1.54, 1.807) is 7.05 Å². The molecule has 6 nitrogen and oxygen atoms in total. The standard InChI is InChI=1S/C9H14N2O4S2/c1-4-17(13,14)7-5(10)6(9(12)15-3)16-8(7)11-2/h11H,4,10H2,1-3H3. The lowest BCUT2D eigenvalue weighted by molar-refractivity contribution is 0.0607. The van der Waals surface area contributed by atoms with Crippen molar-refractivity contribution in [3.8, 4) is 0 Å². The molecule has 0 aliphatic carbocycles. The van der Waals surface area contributed by atoms with Crippen LogP contribution in [0.25, 0.3) is 0 Å². The average Bonchev–Trinajstić information content (AvgIpc) is 2.65. The van der Waals surface area contributed by atoms with Crippen LogP contribution in [0.15, 0.2) is 4.90 Å². The number of anilines is 2. The molecule has 3 N–H and O–H groups in total. The zero-order chi connectivity index (χ0) is 13.2. The van der Waals surface area contributed by atoms with Crippen molar-refractivity contribution in [3.05, 3.63) is 4.88 Å². The van der Waals surface area contributed by atoms with Gasteiger partial charge in [0.25, 0.3) is 0 Å². The number of carbonyl (C=O) groups excluding carboxylic acids is 1. The molecule has 1 aromatic rings. The molecule has 0 aliphatic rings. The lowest BCUT2D eigenvalue weighted by Gasteiger charge is -2.04. The average molecular weight is 278 g/mol. The first-order valence-corrected chi connectivity index (χ1v) is 7.27. The molecule has 0 aliphatic heterocycles. The number of carbonyl (C=O) groups is 1. The summed E-state index contributed by atoms with van der Waals surface area (Å²) in [5, 5.41) is 3.08. The van der Waals surface area contributed by atoms with Gasteiger partial charge in [-0.05, 0) is 0 Å². The summed E-state index contributed by atoms with van der Waals surface area (Å²) in [6.07, 6.45) is 0. The van der Waals surface area contributed by atoms with Crippen molar-refractivity contribution in [2.75, 3.05) is 31.0 Å². The van der Waals surface area contributed by atoms with Crippen LogP contribution in [0.2, 0.25) is 0 Å². The highest BCUT2D eigenvalue weighted by atomic mass is 32.2. The minimum atomic E-state index is -3.48. The van der Waals surface area contributed by atoms with Crippen LogP contribution < -0.4 is 11.1 Å². The van der Waals surface area contributed by atoms with Crippen LogP contribution in [0, 0.1) is 0 Å². The second-order valence-electron chi connectivity index (χ2n) is 3.15. The second-order valence-corrected chi connectivity index (χ2v) is 6.38. The summed E-state index contributed by atoms with van der Waals surface area (Å²) in [5.74, 6) is -0.718. The van der Waals surface area contributed by atoms with Gasteiger partial charge in [0.15, 0.2) is 9.84 Å². The van der Waals surface area contributed by atoms with E-state index in [-0.39, 0.29) is 21.2 Å². The second kappa shape index (κ2) is 4.92. The maximum absolute atomic E-state index is 11.9. The number of hydrogen-bond acceptors (Lipinski definition) is 7. The maximum Gasteiger partial charge on any atom is 0.350 e. The molecule has 0 radical (unpaired) electrons. The van der Waals surface area contributed by atoms with Gasteiger partial charge in [-0.15, -0.1) is 11.3 Å². The van der Waals surface area contributed by atoms with E-state index in [1.807, 2.05) is 0 Å². The van der Waals surface area contributed by atoms with E-state index < -0.39 is 15.8 Å². The summed E-state index contributed by atoms with van der Waals surface area (Å²) < 4.78 is 28.3. The van der Waals surface area contributed by atoms with E-state index >= 15 is 0 Å². The summed E-state index contributed by atoms with van der Waals surface area (Å²) in [6, 6.07) is 0. The Bertz CT molecular complexity index is 533. The fraction of sp³-hybridized carbons (Fsp3) is 0.444. The monoisotopic (exact) mass is 278 g/mol. The quantitative estimate of drug-likeness (QED) is 0.796. The number of ether oxygens (including phenoxy) is 1. The normalized spacial score (nSPS) is 11.2. The molecule has 0 fully saturated rings. The van der Waals surface area contributed by atoms with E-state index in [4.69, 9.17) is 5.73 Å². The number of nitrogen functional groups attached to an aromatic ring is 1. The third kappa shape index (κ3) is 2.37. The smallest absolute Gasteiger partial charge is 0.350 e. The zero-order valence-corrected chi connectivity index (χ0v) is 11.4. The maximum atomic E-state index is 11.9. The van der Waals surface area contributed by atoms with Crippen molar-refractivity contribution < 1.29 is 17.9 Å².